The van der Waals surface area contributed by atoms with Gasteiger partial charge < -0.3 is 0 Å². The van der Waals surface area contributed by atoms with Crippen LogP contribution in [0.4, 0.5) is 0 Å². The van der Waals surface area contributed by atoms with Crippen molar-refractivity contribution in [2.75, 3.05) is 0 Å². The second-order valence-electron chi connectivity index (χ2n) is 4.56. The van der Waals surface area contributed by atoms with E-state index in [4.69, 9.17) is 5.26 Å². The van der Waals surface area contributed by atoms with E-state index in [0.717, 1.165) is 19.3 Å². The molecule has 0 spiro atoms. The Hall–Kier alpha value is -1.29. The highest BCUT2D eigenvalue weighted by Gasteiger charge is 2.42. The van der Waals surface area contributed by atoms with Crippen molar-refractivity contribution in [3.8, 4) is 6.07 Å². The van der Waals surface area contributed by atoms with Gasteiger partial charge in [0.2, 0.25) is 0 Å². The van der Waals surface area contributed by atoms with Gasteiger partial charge in [-0.2, -0.15) is 5.26 Å². The molecule has 2 rings (SSSR count). The summed E-state index contributed by atoms with van der Waals surface area (Å²) in [5.41, 5.74) is 3.91. The molecule has 1 aromatic carbocycles. The van der Waals surface area contributed by atoms with Crippen LogP contribution in [0.1, 0.15) is 29.5 Å². The first-order chi connectivity index (χ1) is 6.63. The maximum atomic E-state index is 9.01. The Morgan fingerprint density at radius 3 is 2.21 bits per heavy atom. The number of hydrogen-bond acceptors (Lipinski definition) is 1. The minimum atomic E-state index is -0.0137. The number of nitriles is 1. The van der Waals surface area contributed by atoms with Gasteiger partial charge in [0, 0.05) is 0 Å². The maximum absolute atomic E-state index is 9.01. The summed E-state index contributed by atoms with van der Waals surface area (Å²) in [6, 6.07) is 9.01. The molecule has 0 aliphatic heterocycles. The van der Waals surface area contributed by atoms with Crippen LogP contribution in [0.15, 0.2) is 18.2 Å². The van der Waals surface area contributed by atoms with E-state index < -0.39 is 0 Å². The van der Waals surface area contributed by atoms with Crippen molar-refractivity contribution in [3.05, 3.63) is 34.9 Å². The van der Waals surface area contributed by atoms with Crippen LogP contribution in [0.2, 0.25) is 0 Å². The Bertz CT molecular complexity index is 374. The van der Waals surface area contributed by atoms with Gasteiger partial charge in [0.25, 0.3) is 0 Å². The molecule has 72 valence electrons. The number of aryl methyl sites for hydroxylation is 2. The lowest BCUT2D eigenvalue weighted by atomic mass is 9.95. The third-order valence-corrected chi connectivity index (χ3v) is 2.91. The zero-order valence-electron chi connectivity index (χ0n) is 8.80. The van der Waals surface area contributed by atoms with Crippen LogP contribution in [-0.4, -0.2) is 0 Å². The second kappa shape index (κ2) is 3.13. The average Bonchev–Trinajstić information content (AvgIpc) is 2.83. The first-order valence-electron chi connectivity index (χ1n) is 5.12. The van der Waals surface area contributed by atoms with Gasteiger partial charge >= 0.3 is 0 Å². The van der Waals surface area contributed by atoms with Crippen molar-refractivity contribution in [3.63, 3.8) is 0 Å². The van der Waals surface area contributed by atoms with Crippen molar-refractivity contribution in [1.29, 1.82) is 5.26 Å². The Morgan fingerprint density at radius 1 is 1.21 bits per heavy atom. The summed E-state index contributed by atoms with van der Waals surface area (Å²) in [5, 5.41) is 9.01. The molecule has 14 heavy (non-hydrogen) atoms. The lowest BCUT2D eigenvalue weighted by molar-refractivity contribution is 0.664. The highest BCUT2D eigenvalue weighted by atomic mass is 14.5. The van der Waals surface area contributed by atoms with Crippen LogP contribution in [-0.2, 0) is 6.42 Å². The molecule has 0 saturated heterocycles. The van der Waals surface area contributed by atoms with E-state index in [1.807, 2.05) is 0 Å². The van der Waals surface area contributed by atoms with Crippen molar-refractivity contribution in [2.24, 2.45) is 5.41 Å². The molecule has 0 heterocycles. The van der Waals surface area contributed by atoms with E-state index in [2.05, 4.69) is 38.1 Å². The Balaban J connectivity index is 2.22. The monoisotopic (exact) mass is 185 g/mol. The highest BCUT2D eigenvalue weighted by molar-refractivity contribution is 5.31. The molecule has 0 N–H and O–H groups in total. The van der Waals surface area contributed by atoms with E-state index in [9.17, 15) is 0 Å². The minimum absolute atomic E-state index is 0.0137. The number of rotatable bonds is 2. The predicted octanol–water partition coefficient (Wildman–Crippen LogP) is 3.15. The quantitative estimate of drug-likeness (QED) is 0.694. The van der Waals surface area contributed by atoms with Gasteiger partial charge in [0.15, 0.2) is 0 Å². The van der Waals surface area contributed by atoms with Gasteiger partial charge in [-0.25, -0.2) is 0 Å². The Kier molecular flexibility index (Phi) is 2.07. The van der Waals surface area contributed by atoms with E-state index in [-0.39, 0.29) is 5.41 Å². The first-order valence-corrected chi connectivity index (χ1v) is 5.12. The molecule has 0 radical (unpaired) electrons. The zero-order chi connectivity index (χ0) is 10.2. The van der Waals surface area contributed by atoms with Crippen molar-refractivity contribution < 1.29 is 0 Å². The summed E-state index contributed by atoms with van der Waals surface area (Å²) in [7, 11) is 0. The van der Waals surface area contributed by atoms with E-state index in [1.165, 1.54) is 16.7 Å². The molecule has 1 aliphatic rings. The average molecular weight is 185 g/mol. The highest BCUT2D eigenvalue weighted by Crippen LogP contribution is 2.47. The molecule has 0 bridgehead atoms. The van der Waals surface area contributed by atoms with E-state index in [1.54, 1.807) is 0 Å². The van der Waals surface area contributed by atoms with Crippen molar-refractivity contribution in [1.82, 2.24) is 0 Å². The molecule has 1 fully saturated rings. The fourth-order valence-corrected chi connectivity index (χ4v) is 2.04. The van der Waals surface area contributed by atoms with Crippen molar-refractivity contribution in [2.45, 2.75) is 33.1 Å². The normalized spacial score (nSPS) is 17.5. The largest absolute Gasteiger partial charge is 0.198 e. The van der Waals surface area contributed by atoms with Gasteiger partial charge in [0.05, 0.1) is 11.5 Å². The van der Waals surface area contributed by atoms with Crippen LogP contribution in [0.3, 0.4) is 0 Å². The smallest absolute Gasteiger partial charge is 0.0693 e. The Morgan fingerprint density at radius 2 is 1.79 bits per heavy atom. The van der Waals surface area contributed by atoms with E-state index in [0.29, 0.717) is 0 Å². The third-order valence-electron chi connectivity index (χ3n) is 2.91. The minimum Gasteiger partial charge on any atom is -0.198 e. The Labute approximate surface area is 85.4 Å². The lowest BCUT2D eigenvalue weighted by Crippen LogP contribution is -2.01. The molecule has 1 aromatic rings. The summed E-state index contributed by atoms with van der Waals surface area (Å²) in [6.45, 7) is 4.23. The van der Waals surface area contributed by atoms with Crippen LogP contribution in [0.25, 0.3) is 0 Å². The SMILES string of the molecule is Cc1cc(C)cc(CC2(C#N)CC2)c1. The molecule has 0 amide bonds. The number of benzene rings is 1. The number of hydrogen-bond donors (Lipinski definition) is 0. The molecule has 0 unspecified atom stereocenters. The van der Waals surface area contributed by atoms with Crippen LogP contribution < -0.4 is 0 Å². The van der Waals surface area contributed by atoms with Gasteiger partial charge in [-0.3, -0.25) is 0 Å². The summed E-state index contributed by atoms with van der Waals surface area (Å²) in [4.78, 5) is 0. The summed E-state index contributed by atoms with van der Waals surface area (Å²) < 4.78 is 0. The summed E-state index contributed by atoms with van der Waals surface area (Å²) >= 11 is 0. The molecule has 1 aliphatic carbocycles. The molecule has 1 heteroatoms. The van der Waals surface area contributed by atoms with Crippen LogP contribution >= 0.6 is 0 Å². The fraction of sp³-hybridized carbons (Fsp3) is 0.462. The molecule has 1 saturated carbocycles. The van der Waals surface area contributed by atoms with Gasteiger partial charge in [-0.15, -0.1) is 0 Å². The molecule has 0 aromatic heterocycles. The standard InChI is InChI=1S/C13H15N/c1-10-5-11(2)7-12(6-10)8-13(9-14)3-4-13/h5-7H,3-4,8H2,1-2H3. The topological polar surface area (TPSA) is 23.8 Å². The maximum Gasteiger partial charge on any atom is 0.0693 e. The van der Waals surface area contributed by atoms with E-state index >= 15 is 0 Å². The van der Waals surface area contributed by atoms with Crippen LogP contribution in [0, 0.1) is 30.6 Å². The molecule has 1 nitrogen and oxygen atoms in total. The third kappa shape index (κ3) is 1.80. The lowest BCUT2D eigenvalue weighted by Gasteiger charge is -2.07. The molecular weight excluding hydrogens is 170 g/mol. The summed E-state index contributed by atoms with van der Waals surface area (Å²) in [5.74, 6) is 0. The van der Waals surface area contributed by atoms with Crippen LogP contribution in [0.5, 0.6) is 0 Å². The van der Waals surface area contributed by atoms with Gasteiger partial charge in [0.1, 0.15) is 0 Å². The van der Waals surface area contributed by atoms with Gasteiger partial charge in [-0.05, 0) is 38.7 Å². The second-order valence-corrected chi connectivity index (χ2v) is 4.56. The molecule has 0 atom stereocenters. The van der Waals surface area contributed by atoms with Crippen molar-refractivity contribution >= 4 is 0 Å². The summed E-state index contributed by atoms with van der Waals surface area (Å²) in [6.07, 6.45) is 3.10. The first kappa shape index (κ1) is 9.27. The molecular formula is C13H15N. The zero-order valence-corrected chi connectivity index (χ0v) is 8.80. The number of nitrogens with zero attached hydrogens (tertiary/aromatic N) is 1. The fourth-order valence-electron chi connectivity index (χ4n) is 2.04. The van der Waals surface area contributed by atoms with Gasteiger partial charge in [-0.1, -0.05) is 29.3 Å². The predicted molar refractivity (Wildman–Crippen MR) is 56.9 cm³/mol.